The van der Waals surface area contributed by atoms with Crippen molar-refractivity contribution in [3.63, 3.8) is 0 Å². The molecule has 0 spiro atoms. The highest BCUT2D eigenvalue weighted by molar-refractivity contribution is 5.93. The van der Waals surface area contributed by atoms with E-state index in [4.69, 9.17) is 9.47 Å². The normalized spacial score (nSPS) is 17.1. The number of likely N-dealkylation sites (tertiary alicyclic amines) is 1. The van der Waals surface area contributed by atoms with Gasteiger partial charge in [-0.15, -0.1) is 0 Å². The Hall–Kier alpha value is -2.54. The van der Waals surface area contributed by atoms with E-state index in [0.29, 0.717) is 36.0 Å². The lowest BCUT2D eigenvalue weighted by Gasteiger charge is -2.14. The molecule has 0 aliphatic carbocycles. The maximum atomic E-state index is 12.5. The van der Waals surface area contributed by atoms with Gasteiger partial charge in [-0.3, -0.25) is 9.89 Å². The Bertz CT molecular complexity index is 728. The average molecular weight is 331 g/mol. The van der Waals surface area contributed by atoms with Crippen LogP contribution >= 0.6 is 0 Å². The van der Waals surface area contributed by atoms with Crippen molar-refractivity contribution in [2.75, 3.05) is 33.9 Å². The van der Waals surface area contributed by atoms with Gasteiger partial charge in [0.25, 0.3) is 5.91 Å². The fourth-order valence-electron chi connectivity index (χ4n) is 2.92. The van der Waals surface area contributed by atoms with E-state index in [1.54, 1.807) is 37.3 Å². The smallest absolute Gasteiger partial charge is 0.271 e. The summed E-state index contributed by atoms with van der Waals surface area (Å²) in [5.74, 6) is 1.40. The Morgan fingerprint density at radius 3 is 2.88 bits per heavy atom. The van der Waals surface area contributed by atoms with Crippen LogP contribution in [-0.2, 0) is 0 Å². The number of nitrogens with one attached hydrogen (secondary N) is 1. The van der Waals surface area contributed by atoms with Crippen LogP contribution in [0.2, 0.25) is 0 Å². The van der Waals surface area contributed by atoms with E-state index in [2.05, 4.69) is 10.2 Å². The molecule has 1 fully saturated rings. The number of aromatic nitrogens is 2. The SMILES string of the molecule is COc1ccc(OC)c(-c2cc(C(=O)N3CC[C@@H](CO)C3)[nH]n2)c1. The summed E-state index contributed by atoms with van der Waals surface area (Å²) in [6, 6.07) is 7.14. The number of carbonyl (C=O) groups is 1. The molecule has 128 valence electrons. The summed E-state index contributed by atoms with van der Waals surface area (Å²) in [5.41, 5.74) is 1.79. The second-order valence-corrected chi connectivity index (χ2v) is 5.82. The number of benzene rings is 1. The van der Waals surface area contributed by atoms with Crippen LogP contribution in [0, 0.1) is 5.92 Å². The van der Waals surface area contributed by atoms with Crippen LogP contribution < -0.4 is 9.47 Å². The van der Waals surface area contributed by atoms with Gasteiger partial charge in [0, 0.05) is 31.2 Å². The molecular weight excluding hydrogens is 310 g/mol. The van der Waals surface area contributed by atoms with E-state index in [-0.39, 0.29) is 18.4 Å². The second-order valence-electron chi connectivity index (χ2n) is 5.82. The molecule has 2 heterocycles. The lowest BCUT2D eigenvalue weighted by atomic mass is 10.1. The monoisotopic (exact) mass is 331 g/mol. The van der Waals surface area contributed by atoms with Crippen molar-refractivity contribution in [1.82, 2.24) is 15.1 Å². The van der Waals surface area contributed by atoms with Gasteiger partial charge >= 0.3 is 0 Å². The molecule has 24 heavy (non-hydrogen) atoms. The number of ether oxygens (including phenoxy) is 2. The van der Waals surface area contributed by atoms with Crippen LogP contribution in [0.1, 0.15) is 16.9 Å². The molecule has 1 saturated heterocycles. The first-order chi connectivity index (χ1) is 11.7. The number of hydrogen-bond acceptors (Lipinski definition) is 5. The minimum Gasteiger partial charge on any atom is -0.497 e. The molecule has 1 atom stereocenters. The van der Waals surface area contributed by atoms with Crippen LogP contribution in [0.3, 0.4) is 0 Å². The predicted molar refractivity (Wildman–Crippen MR) is 88.2 cm³/mol. The zero-order valence-corrected chi connectivity index (χ0v) is 13.8. The van der Waals surface area contributed by atoms with E-state index in [1.807, 2.05) is 6.07 Å². The summed E-state index contributed by atoms with van der Waals surface area (Å²) in [6.07, 6.45) is 0.826. The zero-order chi connectivity index (χ0) is 17.1. The molecule has 2 aromatic rings. The highest BCUT2D eigenvalue weighted by Gasteiger charge is 2.27. The fourth-order valence-corrected chi connectivity index (χ4v) is 2.92. The number of rotatable bonds is 5. The molecule has 3 rings (SSSR count). The number of carbonyl (C=O) groups excluding carboxylic acids is 1. The molecular formula is C17H21N3O4. The molecule has 1 aromatic heterocycles. The van der Waals surface area contributed by atoms with Gasteiger partial charge in [-0.1, -0.05) is 0 Å². The minimum absolute atomic E-state index is 0.105. The quantitative estimate of drug-likeness (QED) is 0.868. The zero-order valence-electron chi connectivity index (χ0n) is 13.8. The van der Waals surface area contributed by atoms with Gasteiger partial charge in [0.2, 0.25) is 0 Å². The number of aromatic amines is 1. The Morgan fingerprint density at radius 1 is 1.38 bits per heavy atom. The molecule has 0 bridgehead atoms. The van der Waals surface area contributed by atoms with Crippen molar-refractivity contribution in [2.24, 2.45) is 5.92 Å². The van der Waals surface area contributed by atoms with Crippen molar-refractivity contribution in [2.45, 2.75) is 6.42 Å². The number of aliphatic hydroxyl groups is 1. The van der Waals surface area contributed by atoms with Crippen molar-refractivity contribution >= 4 is 5.91 Å². The largest absolute Gasteiger partial charge is 0.497 e. The van der Waals surface area contributed by atoms with Crippen molar-refractivity contribution in [3.8, 4) is 22.8 Å². The Balaban J connectivity index is 1.84. The van der Waals surface area contributed by atoms with Gasteiger partial charge in [-0.25, -0.2) is 0 Å². The molecule has 0 radical (unpaired) electrons. The third-order valence-corrected chi connectivity index (χ3v) is 4.32. The third kappa shape index (κ3) is 3.07. The summed E-state index contributed by atoms with van der Waals surface area (Å²) in [5, 5.41) is 16.3. The molecule has 1 aliphatic rings. The average Bonchev–Trinajstić information content (AvgIpc) is 3.29. The first-order valence-electron chi connectivity index (χ1n) is 7.84. The molecule has 7 nitrogen and oxygen atoms in total. The maximum absolute atomic E-state index is 12.5. The number of amides is 1. The van der Waals surface area contributed by atoms with E-state index in [1.165, 1.54) is 0 Å². The van der Waals surface area contributed by atoms with Gasteiger partial charge in [0.1, 0.15) is 17.2 Å². The Kier molecular flexibility index (Phi) is 4.71. The molecule has 0 unspecified atom stereocenters. The number of aliphatic hydroxyl groups excluding tert-OH is 1. The van der Waals surface area contributed by atoms with Crippen LogP contribution in [0.15, 0.2) is 24.3 Å². The van der Waals surface area contributed by atoms with Gasteiger partial charge in [0.15, 0.2) is 0 Å². The number of nitrogens with zero attached hydrogens (tertiary/aromatic N) is 2. The van der Waals surface area contributed by atoms with Crippen LogP contribution in [0.25, 0.3) is 11.3 Å². The van der Waals surface area contributed by atoms with Gasteiger partial charge in [-0.05, 0) is 30.7 Å². The number of H-pyrrole nitrogens is 1. The second kappa shape index (κ2) is 6.92. The third-order valence-electron chi connectivity index (χ3n) is 4.32. The molecule has 2 N–H and O–H groups in total. The molecule has 0 saturated carbocycles. The summed E-state index contributed by atoms with van der Waals surface area (Å²) < 4.78 is 10.6. The standard InChI is InChI=1S/C17H21N3O4/c1-23-12-3-4-16(24-2)13(7-12)14-8-15(19-18-14)17(22)20-6-5-11(9-20)10-21/h3-4,7-8,11,21H,5-6,9-10H2,1-2H3,(H,18,19)/t11-/m1/s1. The van der Waals surface area contributed by atoms with Gasteiger partial charge in [-0.2, -0.15) is 5.10 Å². The van der Waals surface area contributed by atoms with E-state index in [0.717, 1.165) is 12.0 Å². The molecule has 1 amide bonds. The molecule has 1 aromatic carbocycles. The summed E-state index contributed by atoms with van der Waals surface area (Å²) in [4.78, 5) is 14.3. The highest BCUT2D eigenvalue weighted by Crippen LogP contribution is 2.32. The van der Waals surface area contributed by atoms with Crippen molar-refractivity contribution in [3.05, 3.63) is 30.0 Å². The number of methoxy groups -OCH3 is 2. The Morgan fingerprint density at radius 2 is 2.21 bits per heavy atom. The lowest BCUT2D eigenvalue weighted by molar-refractivity contribution is 0.0776. The van der Waals surface area contributed by atoms with Crippen molar-refractivity contribution < 1.29 is 19.4 Å². The summed E-state index contributed by atoms with van der Waals surface area (Å²) in [6.45, 7) is 1.34. The maximum Gasteiger partial charge on any atom is 0.271 e. The van der Waals surface area contributed by atoms with Crippen LogP contribution in [0.5, 0.6) is 11.5 Å². The van der Waals surface area contributed by atoms with Crippen LogP contribution in [0.4, 0.5) is 0 Å². The minimum atomic E-state index is -0.105. The summed E-state index contributed by atoms with van der Waals surface area (Å²) >= 11 is 0. The van der Waals surface area contributed by atoms with Crippen molar-refractivity contribution in [1.29, 1.82) is 0 Å². The first kappa shape index (κ1) is 16.3. The van der Waals surface area contributed by atoms with Gasteiger partial charge in [0.05, 0.1) is 19.9 Å². The highest BCUT2D eigenvalue weighted by atomic mass is 16.5. The topological polar surface area (TPSA) is 87.7 Å². The number of hydrogen-bond donors (Lipinski definition) is 2. The first-order valence-corrected chi connectivity index (χ1v) is 7.84. The molecule has 7 heteroatoms. The van der Waals surface area contributed by atoms with Crippen LogP contribution in [-0.4, -0.2) is 60.0 Å². The Labute approximate surface area is 140 Å². The van der Waals surface area contributed by atoms with E-state index >= 15 is 0 Å². The lowest BCUT2D eigenvalue weighted by Crippen LogP contribution is -2.29. The van der Waals surface area contributed by atoms with E-state index < -0.39 is 0 Å². The fraction of sp³-hybridized carbons (Fsp3) is 0.412. The predicted octanol–water partition coefficient (Wildman–Crippen LogP) is 1.55. The van der Waals surface area contributed by atoms with Gasteiger partial charge < -0.3 is 19.5 Å². The van der Waals surface area contributed by atoms with E-state index in [9.17, 15) is 9.90 Å². The molecule has 1 aliphatic heterocycles. The summed E-state index contributed by atoms with van der Waals surface area (Å²) in [7, 11) is 3.18.